The van der Waals surface area contributed by atoms with Crippen molar-refractivity contribution in [2.24, 2.45) is 0 Å². The maximum Gasteiger partial charge on any atom is 0.123 e. The number of thiazole rings is 1. The predicted molar refractivity (Wildman–Crippen MR) is 88.2 cm³/mol. The van der Waals surface area contributed by atoms with Crippen LogP contribution in [0.2, 0.25) is 0 Å². The first-order valence-electron chi connectivity index (χ1n) is 7.79. The number of nitrogens with zero attached hydrogens (tertiary/aromatic N) is 4. The summed E-state index contributed by atoms with van der Waals surface area (Å²) >= 11 is 1.72. The van der Waals surface area contributed by atoms with E-state index in [0.717, 1.165) is 43.5 Å². The van der Waals surface area contributed by atoms with E-state index in [1.807, 2.05) is 23.1 Å². The van der Waals surface area contributed by atoms with Crippen molar-refractivity contribution in [2.45, 2.75) is 38.8 Å². The minimum absolute atomic E-state index is 0.100. The minimum atomic E-state index is 0.100. The molecule has 0 spiro atoms. The van der Waals surface area contributed by atoms with Crippen molar-refractivity contribution in [3.63, 3.8) is 0 Å². The fraction of sp³-hybridized carbons (Fsp3) is 0.625. The summed E-state index contributed by atoms with van der Waals surface area (Å²) in [6.45, 7) is 11.2. The zero-order valence-electron chi connectivity index (χ0n) is 13.5. The molecule has 0 bridgehead atoms. The predicted octanol–water partition coefficient (Wildman–Crippen LogP) is 2.71. The zero-order chi connectivity index (χ0) is 15.6. The first kappa shape index (κ1) is 15.6. The molecule has 2 aromatic heterocycles. The Hall–Kier alpha value is -1.24. The van der Waals surface area contributed by atoms with E-state index >= 15 is 0 Å². The number of hydrogen-bond donors (Lipinski definition) is 0. The number of morpholine rings is 1. The second kappa shape index (κ2) is 6.48. The Bertz CT molecular complexity index is 588. The third-order valence-electron chi connectivity index (χ3n) is 3.92. The van der Waals surface area contributed by atoms with Gasteiger partial charge in [-0.1, -0.05) is 20.8 Å². The largest absolute Gasteiger partial charge is 0.368 e. The van der Waals surface area contributed by atoms with E-state index in [1.54, 1.807) is 11.3 Å². The van der Waals surface area contributed by atoms with Crippen molar-refractivity contribution in [1.82, 2.24) is 19.7 Å². The molecule has 6 heteroatoms. The average Bonchev–Trinajstić information content (AvgIpc) is 3.16. The van der Waals surface area contributed by atoms with Crippen LogP contribution in [-0.4, -0.2) is 45.9 Å². The summed E-state index contributed by atoms with van der Waals surface area (Å²) in [4.78, 5) is 7.24. The topological polar surface area (TPSA) is 43.2 Å². The fourth-order valence-electron chi connectivity index (χ4n) is 2.51. The van der Waals surface area contributed by atoms with Crippen LogP contribution in [0.4, 0.5) is 0 Å². The van der Waals surface area contributed by atoms with Gasteiger partial charge >= 0.3 is 0 Å². The van der Waals surface area contributed by atoms with Crippen LogP contribution in [0.3, 0.4) is 0 Å². The van der Waals surface area contributed by atoms with Crippen LogP contribution in [0.5, 0.6) is 0 Å². The van der Waals surface area contributed by atoms with Crippen LogP contribution in [0.1, 0.15) is 37.6 Å². The van der Waals surface area contributed by atoms with Crippen molar-refractivity contribution in [1.29, 1.82) is 0 Å². The highest BCUT2D eigenvalue weighted by Crippen LogP contribution is 2.30. The van der Waals surface area contributed by atoms with Gasteiger partial charge in [0, 0.05) is 42.8 Å². The highest BCUT2D eigenvalue weighted by Gasteiger charge is 2.26. The summed E-state index contributed by atoms with van der Waals surface area (Å²) in [5.74, 6) is 0. The molecule has 1 atom stereocenters. The number of ether oxygens (including phenoxy) is 1. The van der Waals surface area contributed by atoms with Gasteiger partial charge in [0.2, 0.25) is 0 Å². The van der Waals surface area contributed by atoms with E-state index in [2.05, 4.69) is 36.1 Å². The van der Waals surface area contributed by atoms with Gasteiger partial charge in [-0.05, 0) is 6.07 Å². The smallest absolute Gasteiger partial charge is 0.123 e. The van der Waals surface area contributed by atoms with Gasteiger partial charge < -0.3 is 4.74 Å². The van der Waals surface area contributed by atoms with Gasteiger partial charge in [0.05, 0.1) is 18.8 Å². The molecule has 0 unspecified atom stereocenters. The Labute approximate surface area is 135 Å². The SMILES string of the molecule is CC(C)(C)c1csc([C@H]2CN(CCn3cccn3)CCO2)n1. The maximum absolute atomic E-state index is 5.94. The van der Waals surface area contributed by atoms with Crippen molar-refractivity contribution >= 4 is 11.3 Å². The lowest BCUT2D eigenvalue weighted by Crippen LogP contribution is -2.40. The minimum Gasteiger partial charge on any atom is -0.368 e. The lowest BCUT2D eigenvalue weighted by molar-refractivity contribution is -0.0312. The summed E-state index contributed by atoms with van der Waals surface area (Å²) in [6.07, 6.45) is 3.94. The Balaban J connectivity index is 1.59. The number of rotatable bonds is 4. The highest BCUT2D eigenvalue weighted by molar-refractivity contribution is 7.09. The molecule has 5 nitrogen and oxygen atoms in total. The van der Waals surface area contributed by atoms with Crippen molar-refractivity contribution in [3.05, 3.63) is 34.5 Å². The van der Waals surface area contributed by atoms with Crippen LogP contribution in [0.15, 0.2) is 23.8 Å². The molecule has 1 fully saturated rings. The average molecular weight is 320 g/mol. The van der Waals surface area contributed by atoms with Crippen molar-refractivity contribution in [2.75, 3.05) is 26.2 Å². The van der Waals surface area contributed by atoms with Crippen LogP contribution in [0.25, 0.3) is 0 Å². The van der Waals surface area contributed by atoms with Gasteiger partial charge in [0.1, 0.15) is 11.1 Å². The lowest BCUT2D eigenvalue weighted by Gasteiger charge is -2.31. The molecule has 1 aliphatic heterocycles. The Morgan fingerprint density at radius 1 is 1.36 bits per heavy atom. The van der Waals surface area contributed by atoms with Crippen molar-refractivity contribution in [3.8, 4) is 0 Å². The Kier molecular flexibility index (Phi) is 4.61. The van der Waals surface area contributed by atoms with Gasteiger partial charge in [-0.15, -0.1) is 11.3 Å². The molecule has 22 heavy (non-hydrogen) atoms. The highest BCUT2D eigenvalue weighted by atomic mass is 32.1. The standard InChI is InChI=1S/C16H24N4OS/c1-16(2,3)14-12-22-15(18-14)13-11-19(9-10-21-13)7-8-20-6-4-5-17-20/h4-6,12-13H,7-11H2,1-3H3/t13-/m1/s1. The lowest BCUT2D eigenvalue weighted by atomic mass is 9.93. The molecule has 3 heterocycles. The van der Waals surface area contributed by atoms with Crippen LogP contribution < -0.4 is 0 Å². The molecule has 3 rings (SSSR count). The van der Waals surface area contributed by atoms with Gasteiger partial charge in [-0.2, -0.15) is 5.10 Å². The molecule has 120 valence electrons. The van der Waals surface area contributed by atoms with Gasteiger partial charge in [0.25, 0.3) is 0 Å². The van der Waals surface area contributed by atoms with E-state index in [9.17, 15) is 0 Å². The summed E-state index contributed by atoms with van der Waals surface area (Å²) in [5.41, 5.74) is 1.26. The van der Waals surface area contributed by atoms with Gasteiger partial charge in [-0.3, -0.25) is 9.58 Å². The second-order valence-corrected chi connectivity index (χ2v) is 7.64. The molecular formula is C16H24N4OS. The van der Waals surface area contributed by atoms with E-state index < -0.39 is 0 Å². The van der Waals surface area contributed by atoms with Gasteiger partial charge in [0.15, 0.2) is 0 Å². The molecule has 0 N–H and O–H groups in total. The monoisotopic (exact) mass is 320 g/mol. The fourth-order valence-corrected chi connectivity index (χ4v) is 3.60. The van der Waals surface area contributed by atoms with E-state index in [-0.39, 0.29) is 11.5 Å². The van der Waals surface area contributed by atoms with E-state index in [0.29, 0.717) is 0 Å². The van der Waals surface area contributed by atoms with Crippen molar-refractivity contribution < 1.29 is 4.74 Å². The van der Waals surface area contributed by atoms with Crippen LogP contribution in [-0.2, 0) is 16.7 Å². The quantitative estimate of drug-likeness (QED) is 0.869. The van der Waals surface area contributed by atoms with E-state index in [4.69, 9.17) is 9.72 Å². The summed E-state index contributed by atoms with van der Waals surface area (Å²) in [7, 11) is 0. The molecule has 2 aromatic rings. The molecule has 1 aliphatic rings. The molecule has 0 aromatic carbocycles. The third-order valence-corrected chi connectivity index (χ3v) is 4.86. The first-order chi connectivity index (χ1) is 10.5. The Morgan fingerprint density at radius 2 is 2.23 bits per heavy atom. The summed E-state index contributed by atoms with van der Waals surface area (Å²) < 4.78 is 7.92. The summed E-state index contributed by atoms with van der Waals surface area (Å²) in [6, 6.07) is 1.96. The normalized spacial score (nSPS) is 20.4. The third kappa shape index (κ3) is 3.74. The van der Waals surface area contributed by atoms with Crippen LogP contribution >= 0.6 is 11.3 Å². The van der Waals surface area contributed by atoms with Gasteiger partial charge in [-0.25, -0.2) is 4.98 Å². The molecule has 0 radical (unpaired) electrons. The number of hydrogen-bond acceptors (Lipinski definition) is 5. The van der Waals surface area contributed by atoms with E-state index in [1.165, 1.54) is 0 Å². The Morgan fingerprint density at radius 3 is 2.91 bits per heavy atom. The molecule has 0 amide bonds. The second-order valence-electron chi connectivity index (χ2n) is 6.75. The zero-order valence-corrected chi connectivity index (χ0v) is 14.3. The summed E-state index contributed by atoms with van der Waals surface area (Å²) in [5, 5.41) is 7.53. The molecule has 0 aliphatic carbocycles. The maximum atomic E-state index is 5.94. The molecule has 0 saturated carbocycles. The molecular weight excluding hydrogens is 296 g/mol. The first-order valence-corrected chi connectivity index (χ1v) is 8.67. The van der Waals surface area contributed by atoms with Crippen LogP contribution in [0, 0.1) is 0 Å². The molecule has 1 saturated heterocycles. The number of aromatic nitrogens is 3.